The van der Waals surface area contributed by atoms with Gasteiger partial charge >= 0.3 is 0 Å². The molecular weight excluding hydrogens is 208 g/mol. The molecular formula is C15H18N2. The van der Waals surface area contributed by atoms with Gasteiger partial charge in [-0.2, -0.15) is 0 Å². The highest BCUT2D eigenvalue weighted by Gasteiger charge is 2.06. The van der Waals surface area contributed by atoms with Crippen LogP contribution in [0.5, 0.6) is 0 Å². The molecule has 0 atom stereocenters. The summed E-state index contributed by atoms with van der Waals surface area (Å²) < 4.78 is 0. The number of nitrogens with zero attached hydrogens (tertiary/aromatic N) is 1. The third kappa shape index (κ3) is 2.41. The molecule has 0 heterocycles. The fraction of sp³-hybridized carbons (Fsp3) is 0.200. The number of aryl methyl sites for hydroxylation is 2. The van der Waals surface area contributed by atoms with Gasteiger partial charge in [-0.25, -0.2) is 0 Å². The molecule has 0 spiro atoms. The van der Waals surface area contributed by atoms with E-state index in [-0.39, 0.29) is 0 Å². The van der Waals surface area contributed by atoms with Gasteiger partial charge in [0.05, 0.1) is 0 Å². The van der Waals surface area contributed by atoms with Crippen molar-refractivity contribution in [1.29, 1.82) is 0 Å². The number of nitrogen functional groups attached to an aromatic ring is 1. The molecule has 88 valence electrons. The molecule has 0 fully saturated rings. The average Bonchev–Trinajstić information content (AvgIpc) is 2.29. The maximum absolute atomic E-state index is 5.77. The zero-order chi connectivity index (χ0) is 12.4. The predicted octanol–water partition coefficient (Wildman–Crippen LogP) is 3.65. The molecule has 17 heavy (non-hydrogen) atoms. The SMILES string of the molecule is Cc1ccc(N(C)c2ccc(N)cc2C)cc1. The molecule has 0 aliphatic carbocycles. The van der Waals surface area contributed by atoms with Crippen LogP contribution in [0.25, 0.3) is 0 Å². The van der Waals surface area contributed by atoms with Crippen LogP contribution in [0.4, 0.5) is 17.1 Å². The van der Waals surface area contributed by atoms with Crippen LogP contribution < -0.4 is 10.6 Å². The number of rotatable bonds is 2. The van der Waals surface area contributed by atoms with Crippen LogP contribution in [0.3, 0.4) is 0 Å². The maximum atomic E-state index is 5.77. The highest BCUT2D eigenvalue weighted by Crippen LogP contribution is 2.27. The topological polar surface area (TPSA) is 29.3 Å². The van der Waals surface area contributed by atoms with Crippen LogP contribution in [0.1, 0.15) is 11.1 Å². The Balaban J connectivity index is 2.36. The predicted molar refractivity (Wildman–Crippen MR) is 74.8 cm³/mol. The molecule has 0 aliphatic rings. The molecule has 0 unspecified atom stereocenters. The average molecular weight is 226 g/mol. The first-order valence-electron chi connectivity index (χ1n) is 5.74. The van der Waals surface area contributed by atoms with Crippen LogP contribution in [0.2, 0.25) is 0 Å². The molecule has 0 radical (unpaired) electrons. The van der Waals surface area contributed by atoms with Gasteiger partial charge in [0, 0.05) is 24.1 Å². The number of anilines is 3. The number of nitrogens with two attached hydrogens (primary N) is 1. The first-order valence-corrected chi connectivity index (χ1v) is 5.74. The third-order valence-corrected chi connectivity index (χ3v) is 3.00. The van der Waals surface area contributed by atoms with Crippen molar-refractivity contribution < 1.29 is 0 Å². The van der Waals surface area contributed by atoms with Crippen LogP contribution in [-0.4, -0.2) is 7.05 Å². The molecule has 2 heteroatoms. The number of hydrogen-bond acceptors (Lipinski definition) is 2. The summed E-state index contributed by atoms with van der Waals surface area (Å²) in [6.07, 6.45) is 0. The van der Waals surface area contributed by atoms with Gasteiger partial charge in [-0.3, -0.25) is 0 Å². The summed E-state index contributed by atoms with van der Waals surface area (Å²) in [5, 5.41) is 0. The van der Waals surface area contributed by atoms with Crippen molar-refractivity contribution in [3.63, 3.8) is 0 Å². The summed E-state index contributed by atoms with van der Waals surface area (Å²) in [6.45, 7) is 4.18. The molecule has 0 aromatic heterocycles. The molecule has 2 nitrogen and oxygen atoms in total. The number of hydrogen-bond donors (Lipinski definition) is 1. The van der Waals surface area contributed by atoms with Crippen molar-refractivity contribution in [2.24, 2.45) is 0 Å². The second kappa shape index (κ2) is 4.50. The second-order valence-electron chi connectivity index (χ2n) is 4.44. The minimum atomic E-state index is 0.809. The van der Waals surface area contributed by atoms with E-state index >= 15 is 0 Å². The molecule has 2 rings (SSSR count). The van der Waals surface area contributed by atoms with Crippen LogP contribution in [0.15, 0.2) is 42.5 Å². The van der Waals surface area contributed by atoms with Crippen molar-refractivity contribution in [1.82, 2.24) is 0 Å². The molecule has 2 aromatic rings. The van der Waals surface area contributed by atoms with Gasteiger partial charge in [-0.1, -0.05) is 17.7 Å². The quantitative estimate of drug-likeness (QED) is 0.792. The van der Waals surface area contributed by atoms with Gasteiger partial charge in [0.15, 0.2) is 0 Å². The Morgan fingerprint density at radius 2 is 1.59 bits per heavy atom. The van der Waals surface area contributed by atoms with E-state index < -0.39 is 0 Å². The van der Waals surface area contributed by atoms with E-state index in [2.05, 4.69) is 56.1 Å². The molecule has 0 aliphatic heterocycles. The largest absolute Gasteiger partial charge is 0.399 e. The van der Waals surface area contributed by atoms with Gasteiger partial charge in [-0.15, -0.1) is 0 Å². The molecule has 0 amide bonds. The Morgan fingerprint density at radius 1 is 0.941 bits per heavy atom. The molecule has 0 saturated carbocycles. The summed E-state index contributed by atoms with van der Waals surface area (Å²) in [6, 6.07) is 14.5. The normalized spacial score (nSPS) is 10.3. The summed E-state index contributed by atoms with van der Waals surface area (Å²) >= 11 is 0. The highest BCUT2D eigenvalue weighted by atomic mass is 15.1. The molecule has 2 N–H and O–H groups in total. The Labute approximate surface area is 103 Å². The van der Waals surface area contributed by atoms with Crippen molar-refractivity contribution in [2.45, 2.75) is 13.8 Å². The first-order chi connectivity index (χ1) is 8.08. The lowest BCUT2D eigenvalue weighted by Crippen LogP contribution is -2.10. The Morgan fingerprint density at radius 3 is 2.18 bits per heavy atom. The lowest BCUT2D eigenvalue weighted by atomic mass is 10.1. The lowest BCUT2D eigenvalue weighted by molar-refractivity contribution is 1.18. The maximum Gasteiger partial charge on any atom is 0.0439 e. The third-order valence-electron chi connectivity index (χ3n) is 3.00. The van der Waals surface area contributed by atoms with Gasteiger partial charge in [0.2, 0.25) is 0 Å². The van der Waals surface area contributed by atoms with Gasteiger partial charge < -0.3 is 10.6 Å². The van der Waals surface area contributed by atoms with E-state index in [9.17, 15) is 0 Å². The summed E-state index contributed by atoms with van der Waals surface area (Å²) in [5.41, 5.74) is 11.4. The van der Waals surface area contributed by atoms with Crippen LogP contribution in [0, 0.1) is 13.8 Å². The first kappa shape index (κ1) is 11.5. The Hall–Kier alpha value is -1.96. The lowest BCUT2D eigenvalue weighted by Gasteiger charge is -2.22. The standard InChI is InChI=1S/C15H18N2/c1-11-4-7-14(8-5-11)17(3)15-9-6-13(16)10-12(15)2/h4-10H,16H2,1-3H3. The highest BCUT2D eigenvalue weighted by molar-refractivity contribution is 5.68. The molecule has 2 aromatic carbocycles. The van der Waals surface area contributed by atoms with E-state index in [0.717, 1.165) is 5.69 Å². The van der Waals surface area contributed by atoms with Crippen molar-refractivity contribution in [2.75, 3.05) is 17.7 Å². The van der Waals surface area contributed by atoms with Gasteiger partial charge in [0.1, 0.15) is 0 Å². The number of benzene rings is 2. The minimum absolute atomic E-state index is 0.809. The van der Waals surface area contributed by atoms with Crippen LogP contribution in [-0.2, 0) is 0 Å². The summed E-state index contributed by atoms with van der Waals surface area (Å²) in [5.74, 6) is 0. The fourth-order valence-corrected chi connectivity index (χ4v) is 1.96. The molecule has 0 saturated heterocycles. The van der Waals surface area contributed by atoms with E-state index in [0.29, 0.717) is 0 Å². The molecule has 0 bridgehead atoms. The zero-order valence-corrected chi connectivity index (χ0v) is 10.6. The van der Waals surface area contributed by atoms with Crippen molar-refractivity contribution >= 4 is 17.1 Å². The Kier molecular flexibility index (Phi) is 3.05. The monoisotopic (exact) mass is 226 g/mol. The van der Waals surface area contributed by atoms with Gasteiger partial charge in [0.25, 0.3) is 0 Å². The van der Waals surface area contributed by atoms with Crippen molar-refractivity contribution in [3.8, 4) is 0 Å². The van der Waals surface area contributed by atoms with Gasteiger partial charge in [-0.05, 0) is 49.7 Å². The van der Waals surface area contributed by atoms with Crippen molar-refractivity contribution in [3.05, 3.63) is 53.6 Å². The van der Waals surface area contributed by atoms with Crippen LogP contribution >= 0.6 is 0 Å². The fourth-order valence-electron chi connectivity index (χ4n) is 1.96. The van der Waals surface area contributed by atoms with E-state index in [1.807, 2.05) is 12.1 Å². The van der Waals surface area contributed by atoms with E-state index in [1.165, 1.54) is 22.5 Å². The smallest absolute Gasteiger partial charge is 0.0439 e. The minimum Gasteiger partial charge on any atom is -0.399 e. The van der Waals surface area contributed by atoms with E-state index in [4.69, 9.17) is 5.73 Å². The summed E-state index contributed by atoms with van der Waals surface area (Å²) in [7, 11) is 2.07. The second-order valence-corrected chi connectivity index (χ2v) is 4.44. The zero-order valence-electron chi connectivity index (χ0n) is 10.6. The Bertz CT molecular complexity index is 515. The summed E-state index contributed by atoms with van der Waals surface area (Å²) in [4.78, 5) is 2.17. The van der Waals surface area contributed by atoms with E-state index in [1.54, 1.807) is 0 Å².